The lowest BCUT2D eigenvalue weighted by molar-refractivity contribution is 0.578. The summed E-state index contributed by atoms with van der Waals surface area (Å²) in [6.07, 6.45) is 4.22. The summed E-state index contributed by atoms with van der Waals surface area (Å²) in [6.45, 7) is 1.06. The molecule has 0 bridgehead atoms. The molecule has 1 aliphatic rings. The number of nitrogens with one attached hydrogen (secondary N) is 2. The Morgan fingerprint density at radius 2 is 2.00 bits per heavy atom. The van der Waals surface area contributed by atoms with Crippen molar-refractivity contribution in [3.8, 4) is 0 Å². The van der Waals surface area contributed by atoms with E-state index in [-0.39, 0.29) is 4.75 Å². The molecule has 0 atom stereocenters. The highest BCUT2D eigenvalue weighted by molar-refractivity contribution is 8.00. The molecule has 2 rings (SSSR count). The van der Waals surface area contributed by atoms with Gasteiger partial charge in [0.25, 0.3) is 0 Å². The van der Waals surface area contributed by atoms with Gasteiger partial charge in [-0.15, -0.1) is 0 Å². The van der Waals surface area contributed by atoms with Gasteiger partial charge in [-0.1, -0.05) is 18.2 Å². The highest BCUT2D eigenvalue weighted by atomic mass is 32.2. The van der Waals surface area contributed by atoms with Gasteiger partial charge in [0.15, 0.2) is 0 Å². The first-order valence-corrected chi connectivity index (χ1v) is 9.01. The zero-order valence-corrected chi connectivity index (χ0v) is 12.9. The Morgan fingerprint density at radius 3 is 2.58 bits per heavy atom. The molecule has 0 heterocycles. The average molecular weight is 300 g/mol. The fourth-order valence-corrected chi connectivity index (χ4v) is 4.18. The summed E-state index contributed by atoms with van der Waals surface area (Å²) in [6, 6.07) is 7.12. The van der Waals surface area contributed by atoms with Gasteiger partial charge in [0.2, 0.25) is 10.0 Å². The van der Waals surface area contributed by atoms with Gasteiger partial charge in [0, 0.05) is 17.8 Å². The summed E-state index contributed by atoms with van der Waals surface area (Å²) in [5, 5.41) is 3.00. The van der Waals surface area contributed by atoms with Crippen molar-refractivity contribution < 1.29 is 8.42 Å². The van der Waals surface area contributed by atoms with Crippen molar-refractivity contribution >= 4 is 21.8 Å². The molecule has 0 aromatic heterocycles. The third-order valence-corrected chi connectivity index (χ3v) is 6.37. The third-order valence-electron chi connectivity index (χ3n) is 3.45. The minimum absolute atomic E-state index is 0.130. The Balaban J connectivity index is 2.15. The fourth-order valence-electron chi connectivity index (χ4n) is 2.00. The van der Waals surface area contributed by atoms with Crippen molar-refractivity contribution in [1.29, 1.82) is 0 Å². The Bertz CT molecular complexity index is 539. The molecule has 0 amide bonds. The van der Waals surface area contributed by atoms with E-state index in [9.17, 15) is 8.42 Å². The molecule has 4 nitrogen and oxygen atoms in total. The van der Waals surface area contributed by atoms with E-state index < -0.39 is 10.0 Å². The van der Waals surface area contributed by atoms with Gasteiger partial charge >= 0.3 is 0 Å². The second-order valence-electron chi connectivity index (χ2n) is 4.85. The summed E-state index contributed by atoms with van der Waals surface area (Å²) in [4.78, 5) is 0.376. The summed E-state index contributed by atoms with van der Waals surface area (Å²) in [7, 11) is -1.61. The molecular weight excluding hydrogens is 280 g/mol. The van der Waals surface area contributed by atoms with Crippen molar-refractivity contribution in [3.63, 3.8) is 0 Å². The molecule has 1 aromatic carbocycles. The van der Waals surface area contributed by atoms with Crippen molar-refractivity contribution in [3.05, 3.63) is 29.8 Å². The van der Waals surface area contributed by atoms with Crippen LogP contribution >= 0.6 is 11.8 Å². The lowest BCUT2D eigenvalue weighted by Gasteiger charge is -2.15. The van der Waals surface area contributed by atoms with Crippen molar-refractivity contribution in [2.45, 2.75) is 29.0 Å². The molecule has 6 heteroatoms. The van der Waals surface area contributed by atoms with E-state index >= 15 is 0 Å². The predicted molar refractivity (Wildman–Crippen MR) is 79.9 cm³/mol. The monoisotopic (exact) mass is 300 g/mol. The maximum Gasteiger partial charge on any atom is 0.240 e. The summed E-state index contributed by atoms with van der Waals surface area (Å²) < 4.78 is 27.6. The zero-order chi connectivity index (χ0) is 13.9. The van der Waals surface area contributed by atoms with E-state index in [4.69, 9.17) is 0 Å². The lowest BCUT2D eigenvalue weighted by Crippen LogP contribution is -2.32. The number of rotatable bonds is 7. The van der Waals surface area contributed by atoms with E-state index in [1.807, 2.05) is 25.4 Å². The normalized spacial score (nSPS) is 17.4. The molecule has 0 radical (unpaired) electrons. The van der Waals surface area contributed by atoms with Crippen LogP contribution in [0.1, 0.15) is 18.4 Å². The van der Waals surface area contributed by atoms with Crippen LogP contribution in [0.3, 0.4) is 0 Å². The first-order valence-electron chi connectivity index (χ1n) is 6.30. The molecule has 106 valence electrons. The highest BCUT2D eigenvalue weighted by Gasteiger charge is 2.42. The number of benzene rings is 1. The smallest absolute Gasteiger partial charge is 0.240 e. The Labute approximate surface area is 119 Å². The number of hydrogen-bond donors (Lipinski definition) is 2. The van der Waals surface area contributed by atoms with Gasteiger partial charge in [-0.3, -0.25) is 0 Å². The van der Waals surface area contributed by atoms with E-state index in [2.05, 4.69) is 10.0 Å². The topological polar surface area (TPSA) is 58.2 Å². The maximum atomic E-state index is 12.4. The summed E-state index contributed by atoms with van der Waals surface area (Å²) >= 11 is 1.75. The van der Waals surface area contributed by atoms with Gasteiger partial charge in [-0.2, -0.15) is 11.8 Å². The molecule has 0 saturated heterocycles. The van der Waals surface area contributed by atoms with Gasteiger partial charge in [0.05, 0.1) is 4.90 Å². The first kappa shape index (κ1) is 14.8. The molecule has 2 N–H and O–H groups in total. The molecular formula is C13H20N2O2S2. The van der Waals surface area contributed by atoms with Crippen LogP contribution in [0.15, 0.2) is 29.2 Å². The minimum Gasteiger partial charge on any atom is -0.316 e. The Morgan fingerprint density at radius 1 is 1.32 bits per heavy atom. The van der Waals surface area contributed by atoms with Crippen LogP contribution in [0.2, 0.25) is 0 Å². The lowest BCUT2D eigenvalue weighted by atomic mass is 10.2. The number of sulfonamides is 1. The SMILES string of the molecule is CNCc1ccccc1S(=O)(=O)NCC1(SC)CC1. The third kappa shape index (κ3) is 3.51. The Hall–Kier alpha value is -0.560. The largest absolute Gasteiger partial charge is 0.316 e. The highest BCUT2D eigenvalue weighted by Crippen LogP contribution is 2.46. The molecule has 0 unspecified atom stereocenters. The molecule has 1 fully saturated rings. The standard InChI is InChI=1S/C13H20N2O2S2/c1-14-9-11-5-3-4-6-12(11)19(16,17)15-10-13(18-2)7-8-13/h3-6,14-15H,7-10H2,1-2H3. The van der Waals surface area contributed by atoms with E-state index in [1.165, 1.54) is 0 Å². The van der Waals surface area contributed by atoms with Crippen molar-refractivity contribution in [2.75, 3.05) is 19.8 Å². The Kier molecular flexibility index (Phi) is 4.55. The maximum absolute atomic E-state index is 12.4. The van der Waals surface area contributed by atoms with Gasteiger partial charge in [-0.25, -0.2) is 13.1 Å². The second-order valence-corrected chi connectivity index (χ2v) is 7.86. The second kappa shape index (κ2) is 5.83. The number of thioether (sulfide) groups is 1. The molecule has 0 aliphatic heterocycles. The van der Waals surface area contributed by atoms with Crippen LogP contribution in [0.5, 0.6) is 0 Å². The zero-order valence-electron chi connectivity index (χ0n) is 11.3. The average Bonchev–Trinajstić information content (AvgIpc) is 3.18. The summed E-state index contributed by atoms with van der Waals surface area (Å²) in [5.41, 5.74) is 0.798. The van der Waals surface area contributed by atoms with E-state index in [0.29, 0.717) is 18.0 Å². The molecule has 1 aromatic rings. The van der Waals surface area contributed by atoms with E-state index in [1.54, 1.807) is 23.9 Å². The quantitative estimate of drug-likeness (QED) is 0.803. The fraction of sp³-hybridized carbons (Fsp3) is 0.538. The first-order chi connectivity index (χ1) is 9.03. The molecule has 19 heavy (non-hydrogen) atoms. The van der Waals surface area contributed by atoms with Crippen LogP contribution in [-0.4, -0.2) is 33.0 Å². The number of hydrogen-bond acceptors (Lipinski definition) is 4. The molecule has 1 aliphatic carbocycles. The molecule has 0 spiro atoms. The predicted octanol–water partition coefficient (Wildman–Crippen LogP) is 1.58. The van der Waals surface area contributed by atoms with Crippen LogP contribution in [-0.2, 0) is 16.6 Å². The van der Waals surface area contributed by atoms with Crippen LogP contribution in [0, 0.1) is 0 Å². The van der Waals surface area contributed by atoms with Crippen molar-refractivity contribution in [1.82, 2.24) is 10.0 Å². The van der Waals surface area contributed by atoms with Gasteiger partial charge < -0.3 is 5.32 Å². The molecule has 1 saturated carbocycles. The van der Waals surface area contributed by atoms with Crippen LogP contribution < -0.4 is 10.0 Å². The summed E-state index contributed by atoms with van der Waals surface area (Å²) in [5.74, 6) is 0. The van der Waals surface area contributed by atoms with Gasteiger partial charge in [-0.05, 0) is 37.8 Å². The minimum atomic E-state index is -3.42. The van der Waals surface area contributed by atoms with Crippen LogP contribution in [0.4, 0.5) is 0 Å². The van der Waals surface area contributed by atoms with Crippen molar-refractivity contribution in [2.24, 2.45) is 0 Å². The van der Waals surface area contributed by atoms with Gasteiger partial charge in [0.1, 0.15) is 0 Å². The van der Waals surface area contributed by atoms with E-state index in [0.717, 1.165) is 18.4 Å². The van der Waals surface area contributed by atoms with Crippen LogP contribution in [0.25, 0.3) is 0 Å².